The van der Waals surface area contributed by atoms with Gasteiger partial charge in [0.1, 0.15) is 0 Å². The van der Waals surface area contributed by atoms with Crippen LogP contribution >= 0.6 is 11.3 Å². The van der Waals surface area contributed by atoms with Crippen LogP contribution in [-0.4, -0.2) is 20.6 Å². The molecule has 68 valence electrons. The van der Waals surface area contributed by atoms with Crippen molar-refractivity contribution in [3.63, 3.8) is 0 Å². The van der Waals surface area contributed by atoms with Gasteiger partial charge in [-0.2, -0.15) is 16.6 Å². The molecule has 0 aromatic carbocycles. The molecule has 2 rings (SSSR count). The Labute approximate surface area is 79.2 Å². The van der Waals surface area contributed by atoms with Gasteiger partial charge in [0.05, 0.1) is 6.54 Å². The van der Waals surface area contributed by atoms with Crippen LogP contribution in [0.2, 0.25) is 0 Å². The van der Waals surface area contributed by atoms with E-state index in [-0.39, 0.29) is 0 Å². The van der Waals surface area contributed by atoms with Gasteiger partial charge in [0.25, 0.3) is 0 Å². The lowest BCUT2D eigenvalue weighted by molar-refractivity contribution is 0.665. The Hall–Kier alpha value is -1.27. The molecule has 0 bridgehead atoms. The minimum atomic E-state index is 0.645. The fraction of sp³-hybridized carbons (Fsp3) is 0.286. The summed E-state index contributed by atoms with van der Waals surface area (Å²) in [6, 6.07) is 2.09. The molecule has 2 aromatic rings. The molecule has 0 saturated heterocycles. The van der Waals surface area contributed by atoms with Crippen LogP contribution in [0, 0.1) is 0 Å². The number of nitrogens with one attached hydrogen (secondary N) is 2. The van der Waals surface area contributed by atoms with Crippen LogP contribution in [0.15, 0.2) is 16.8 Å². The molecule has 2 aromatic heterocycles. The van der Waals surface area contributed by atoms with E-state index in [2.05, 4.69) is 42.8 Å². The zero-order chi connectivity index (χ0) is 8.93. The second-order valence-electron chi connectivity index (χ2n) is 2.56. The molecular weight excluding hydrogens is 186 g/mol. The summed E-state index contributed by atoms with van der Waals surface area (Å²) >= 11 is 1.70. The molecule has 13 heavy (non-hydrogen) atoms. The van der Waals surface area contributed by atoms with Crippen LogP contribution in [-0.2, 0) is 13.1 Å². The van der Waals surface area contributed by atoms with Gasteiger partial charge in [0.2, 0.25) is 0 Å². The third-order valence-electron chi connectivity index (χ3n) is 1.58. The second-order valence-corrected chi connectivity index (χ2v) is 3.34. The molecule has 2 N–H and O–H groups in total. The zero-order valence-electron chi connectivity index (χ0n) is 6.90. The molecule has 0 saturated carbocycles. The van der Waals surface area contributed by atoms with Crippen molar-refractivity contribution in [2.45, 2.75) is 13.1 Å². The lowest BCUT2D eigenvalue weighted by Crippen LogP contribution is -2.13. The summed E-state index contributed by atoms with van der Waals surface area (Å²) < 4.78 is 0. The van der Waals surface area contributed by atoms with Crippen LogP contribution in [0.25, 0.3) is 0 Å². The number of tetrazole rings is 1. The van der Waals surface area contributed by atoms with Gasteiger partial charge in [0.15, 0.2) is 5.82 Å². The summed E-state index contributed by atoms with van der Waals surface area (Å²) in [6.45, 7) is 1.49. The van der Waals surface area contributed by atoms with Crippen molar-refractivity contribution in [2.24, 2.45) is 0 Å². The number of thiophene rings is 1. The smallest absolute Gasteiger partial charge is 0.188 e. The normalized spacial score (nSPS) is 10.5. The quantitative estimate of drug-likeness (QED) is 0.747. The molecule has 0 aliphatic heterocycles. The number of aromatic nitrogens is 4. The van der Waals surface area contributed by atoms with E-state index in [4.69, 9.17) is 0 Å². The van der Waals surface area contributed by atoms with E-state index >= 15 is 0 Å². The van der Waals surface area contributed by atoms with Crippen molar-refractivity contribution in [3.05, 3.63) is 28.2 Å². The van der Waals surface area contributed by atoms with Gasteiger partial charge in [-0.25, -0.2) is 0 Å². The first-order chi connectivity index (χ1) is 6.45. The molecule has 0 fully saturated rings. The monoisotopic (exact) mass is 195 g/mol. The van der Waals surface area contributed by atoms with Gasteiger partial charge in [-0.3, -0.25) is 0 Å². The minimum Gasteiger partial charge on any atom is -0.306 e. The lowest BCUT2D eigenvalue weighted by atomic mass is 10.3. The Morgan fingerprint density at radius 1 is 1.46 bits per heavy atom. The number of rotatable bonds is 4. The van der Waals surface area contributed by atoms with Crippen LogP contribution in [0.5, 0.6) is 0 Å². The first-order valence-corrected chi connectivity index (χ1v) is 4.83. The first-order valence-electron chi connectivity index (χ1n) is 3.89. The fourth-order valence-corrected chi connectivity index (χ4v) is 1.64. The molecule has 6 heteroatoms. The van der Waals surface area contributed by atoms with Crippen LogP contribution in [0.4, 0.5) is 0 Å². The van der Waals surface area contributed by atoms with Crippen molar-refractivity contribution in [2.75, 3.05) is 0 Å². The van der Waals surface area contributed by atoms with E-state index in [9.17, 15) is 0 Å². The first kappa shape index (κ1) is 8.33. The van der Waals surface area contributed by atoms with Gasteiger partial charge in [-0.1, -0.05) is 5.21 Å². The molecule has 0 atom stereocenters. The van der Waals surface area contributed by atoms with Gasteiger partial charge < -0.3 is 5.32 Å². The summed E-state index contributed by atoms with van der Waals surface area (Å²) in [5, 5.41) is 20.9. The highest BCUT2D eigenvalue weighted by Crippen LogP contribution is 2.04. The highest BCUT2D eigenvalue weighted by Gasteiger charge is 1.97. The zero-order valence-corrected chi connectivity index (χ0v) is 7.71. The van der Waals surface area contributed by atoms with E-state index in [1.165, 1.54) is 5.56 Å². The standard InChI is InChI=1S/C7H9N5S/c1-2-13-5-6(1)3-8-4-7-9-11-12-10-7/h1-2,5,8H,3-4H2,(H,9,10,11,12). The summed E-state index contributed by atoms with van der Waals surface area (Å²) in [7, 11) is 0. The number of hydrogen-bond donors (Lipinski definition) is 2. The molecule has 0 aliphatic rings. The minimum absolute atomic E-state index is 0.645. The summed E-state index contributed by atoms with van der Waals surface area (Å²) in [6.07, 6.45) is 0. The van der Waals surface area contributed by atoms with Crippen molar-refractivity contribution < 1.29 is 0 Å². The summed E-state index contributed by atoms with van der Waals surface area (Å²) in [5.41, 5.74) is 1.29. The molecule has 0 spiro atoms. The van der Waals surface area contributed by atoms with E-state index in [1.807, 2.05) is 0 Å². The van der Waals surface area contributed by atoms with Crippen molar-refractivity contribution in [3.8, 4) is 0 Å². The number of H-pyrrole nitrogens is 1. The Morgan fingerprint density at radius 3 is 3.15 bits per heavy atom. The molecule has 0 aliphatic carbocycles. The predicted molar refractivity (Wildman–Crippen MR) is 49.0 cm³/mol. The van der Waals surface area contributed by atoms with E-state index in [1.54, 1.807) is 11.3 Å². The maximum atomic E-state index is 3.83. The molecule has 0 radical (unpaired) electrons. The highest BCUT2D eigenvalue weighted by molar-refractivity contribution is 7.07. The molecule has 0 unspecified atom stereocenters. The van der Waals surface area contributed by atoms with Gasteiger partial charge in [-0.05, 0) is 22.4 Å². The van der Waals surface area contributed by atoms with E-state index in [0.29, 0.717) is 12.4 Å². The fourth-order valence-electron chi connectivity index (χ4n) is 0.969. The van der Waals surface area contributed by atoms with Crippen LogP contribution < -0.4 is 5.32 Å². The molecule has 0 amide bonds. The van der Waals surface area contributed by atoms with Crippen molar-refractivity contribution in [1.29, 1.82) is 0 Å². The maximum Gasteiger partial charge on any atom is 0.188 e. The number of nitrogens with zero attached hydrogens (tertiary/aromatic N) is 3. The van der Waals surface area contributed by atoms with Crippen LogP contribution in [0.1, 0.15) is 11.4 Å². The van der Waals surface area contributed by atoms with Gasteiger partial charge in [0, 0.05) is 6.54 Å². The predicted octanol–water partition coefficient (Wildman–Crippen LogP) is 0.551. The third kappa shape index (κ3) is 2.33. The Morgan fingerprint density at radius 2 is 2.46 bits per heavy atom. The largest absolute Gasteiger partial charge is 0.306 e. The Balaban J connectivity index is 1.76. The lowest BCUT2D eigenvalue weighted by Gasteiger charge is -1.97. The number of hydrogen-bond acceptors (Lipinski definition) is 5. The third-order valence-corrected chi connectivity index (χ3v) is 2.31. The SMILES string of the molecule is c1cc(CNCc2nn[nH]n2)cs1. The molecular formula is C7H9N5S. The van der Waals surface area contributed by atoms with Gasteiger partial charge in [-0.15, -0.1) is 10.2 Å². The highest BCUT2D eigenvalue weighted by atomic mass is 32.1. The summed E-state index contributed by atoms with van der Waals surface area (Å²) in [5.74, 6) is 0.690. The molecule has 5 nitrogen and oxygen atoms in total. The van der Waals surface area contributed by atoms with Gasteiger partial charge >= 0.3 is 0 Å². The Kier molecular flexibility index (Phi) is 2.63. The summed E-state index contributed by atoms with van der Waals surface area (Å²) in [4.78, 5) is 0. The van der Waals surface area contributed by atoms with E-state index in [0.717, 1.165) is 6.54 Å². The average Bonchev–Trinajstić information content (AvgIpc) is 2.75. The topological polar surface area (TPSA) is 66.5 Å². The second kappa shape index (κ2) is 4.11. The Bertz CT molecular complexity index is 293. The van der Waals surface area contributed by atoms with Crippen molar-refractivity contribution in [1.82, 2.24) is 25.9 Å². The van der Waals surface area contributed by atoms with Crippen LogP contribution in [0.3, 0.4) is 0 Å². The molecule has 2 heterocycles. The van der Waals surface area contributed by atoms with E-state index < -0.39 is 0 Å². The maximum absolute atomic E-state index is 3.83. The number of aromatic amines is 1. The average molecular weight is 195 g/mol. The van der Waals surface area contributed by atoms with Crippen molar-refractivity contribution >= 4 is 11.3 Å².